The topological polar surface area (TPSA) is 118 Å². The number of H-pyrrole nitrogens is 1. The largest absolute Gasteiger partial charge is 0.416 e. The Labute approximate surface area is 237 Å². The van der Waals surface area contributed by atoms with E-state index in [0.717, 1.165) is 23.3 Å². The monoisotopic (exact) mass is 569 g/mol. The number of nitrogens with zero attached hydrogens (tertiary/aromatic N) is 3. The average molecular weight is 570 g/mol. The Bertz CT molecular complexity index is 1700. The fraction of sp³-hybridized carbons (Fsp3) is 0.0968. The van der Waals surface area contributed by atoms with Crippen LogP contribution in [0, 0.1) is 0 Å². The highest BCUT2D eigenvalue weighted by Gasteiger charge is 2.32. The number of aromatic nitrogens is 4. The molecule has 1 atom stereocenters. The maximum absolute atomic E-state index is 13.8. The predicted molar refractivity (Wildman–Crippen MR) is 148 cm³/mol. The number of nitrogens with one attached hydrogen (secondary N) is 2. The lowest BCUT2D eigenvalue weighted by Gasteiger charge is -2.17. The zero-order chi connectivity index (χ0) is 29.7. The number of hydrogen-bond donors (Lipinski definition) is 2. The molecule has 0 aliphatic heterocycles. The fourth-order valence-corrected chi connectivity index (χ4v) is 4.45. The number of benzene rings is 4. The van der Waals surface area contributed by atoms with Crippen molar-refractivity contribution >= 4 is 23.4 Å². The van der Waals surface area contributed by atoms with E-state index >= 15 is 0 Å². The van der Waals surface area contributed by atoms with Gasteiger partial charge in [0.15, 0.2) is 11.6 Å². The lowest BCUT2D eigenvalue weighted by atomic mass is 9.84. The van der Waals surface area contributed by atoms with Gasteiger partial charge in [-0.25, -0.2) is 0 Å². The highest BCUT2D eigenvalue weighted by molar-refractivity contribution is 6.07. The average Bonchev–Trinajstić information content (AvgIpc) is 3.53. The summed E-state index contributed by atoms with van der Waals surface area (Å²) in [5.74, 6) is -2.57. The summed E-state index contributed by atoms with van der Waals surface area (Å²) in [7, 11) is 0. The fourth-order valence-electron chi connectivity index (χ4n) is 4.45. The van der Waals surface area contributed by atoms with Crippen molar-refractivity contribution in [3.63, 3.8) is 0 Å². The minimum atomic E-state index is -4.61. The molecule has 5 rings (SSSR count). The summed E-state index contributed by atoms with van der Waals surface area (Å²) in [6.45, 7) is 0. The van der Waals surface area contributed by atoms with Gasteiger partial charge >= 0.3 is 6.18 Å². The van der Waals surface area contributed by atoms with Crippen molar-refractivity contribution in [1.29, 1.82) is 0 Å². The van der Waals surface area contributed by atoms with Crippen LogP contribution < -0.4 is 5.32 Å². The van der Waals surface area contributed by atoms with Crippen LogP contribution in [0.2, 0.25) is 0 Å². The highest BCUT2D eigenvalue weighted by atomic mass is 19.4. The highest BCUT2D eigenvalue weighted by Crippen LogP contribution is 2.32. The predicted octanol–water partition coefficient (Wildman–Crippen LogP) is 6.38. The molecule has 2 N–H and O–H groups in total. The van der Waals surface area contributed by atoms with Crippen LogP contribution in [-0.4, -0.2) is 38.1 Å². The van der Waals surface area contributed by atoms with Crippen molar-refractivity contribution in [3.05, 3.63) is 131 Å². The number of amides is 1. The lowest BCUT2D eigenvalue weighted by molar-refractivity contribution is -0.137. The van der Waals surface area contributed by atoms with Crippen LogP contribution >= 0.6 is 0 Å². The second kappa shape index (κ2) is 12.0. The minimum absolute atomic E-state index is 0.0210. The van der Waals surface area contributed by atoms with E-state index in [9.17, 15) is 27.6 Å². The molecule has 1 heterocycles. The number of ketones is 2. The Morgan fingerprint density at radius 2 is 1.43 bits per heavy atom. The molecule has 4 aromatic carbocycles. The molecule has 8 nitrogen and oxygen atoms in total. The number of hydrogen-bond acceptors (Lipinski definition) is 6. The number of Topliss-reactive ketones (excluding diaryl/α,β-unsaturated/α-hetero) is 2. The standard InChI is InChI=1S/C31H22F3N5O3/c32-31(33,34)25-8-4-7-24(17-25)27(40)18-26(21-11-9-20(10-12-21)19-5-2-1-3-6-19)28(41)22-13-15-23(16-14-22)29(42)35-30-36-38-39-37-30/h1-17,26H,18H2,(H2,35,36,37,38,39,42). The number of halogens is 3. The van der Waals surface area contributed by atoms with Crippen LogP contribution in [0.15, 0.2) is 103 Å². The van der Waals surface area contributed by atoms with Crippen LogP contribution in [0.4, 0.5) is 19.1 Å². The van der Waals surface area contributed by atoms with Gasteiger partial charge in [0.2, 0.25) is 0 Å². The number of aromatic amines is 1. The molecule has 0 saturated heterocycles. The summed E-state index contributed by atoms with van der Waals surface area (Å²) >= 11 is 0. The van der Waals surface area contributed by atoms with Gasteiger partial charge in [-0.05, 0) is 46.2 Å². The Morgan fingerprint density at radius 3 is 2.07 bits per heavy atom. The van der Waals surface area contributed by atoms with Crippen LogP contribution in [0.25, 0.3) is 11.1 Å². The molecule has 0 fully saturated rings. The van der Waals surface area contributed by atoms with Crippen molar-refractivity contribution < 1.29 is 27.6 Å². The second-order valence-electron chi connectivity index (χ2n) is 9.38. The molecule has 0 spiro atoms. The van der Waals surface area contributed by atoms with E-state index in [2.05, 4.69) is 25.9 Å². The van der Waals surface area contributed by atoms with Crippen molar-refractivity contribution in [2.45, 2.75) is 18.5 Å². The van der Waals surface area contributed by atoms with Crippen LogP contribution in [0.3, 0.4) is 0 Å². The van der Waals surface area contributed by atoms with Gasteiger partial charge in [0, 0.05) is 23.1 Å². The van der Waals surface area contributed by atoms with Crippen LogP contribution in [0.1, 0.15) is 54.5 Å². The molecular formula is C31H22F3N5O3. The van der Waals surface area contributed by atoms with Crippen molar-refractivity contribution in [2.75, 3.05) is 5.32 Å². The van der Waals surface area contributed by atoms with E-state index in [-0.39, 0.29) is 29.1 Å². The van der Waals surface area contributed by atoms with Gasteiger partial charge in [-0.1, -0.05) is 84.0 Å². The van der Waals surface area contributed by atoms with E-state index < -0.39 is 35.1 Å². The lowest BCUT2D eigenvalue weighted by Crippen LogP contribution is -2.18. The zero-order valence-electron chi connectivity index (χ0n) is 21.8. The third kappa shape index (κ3) is 6.47. The molecule has 0 radical (unpaired) electrons. The Hall–Kier alpha value is -5.45. The molecule has 42 heavy (non-hydrogen) atoms. The summed E-state index contributed by atoms with van der Waals surface area (Å²) in [6, 6.07) is 26.6. The van der Waals surface area contributed by atoms with Gasteiger partial charge < -0.3 is 0 Å². The Morgan fingerprint density at radius 1 is 0.762 bits per heavy atom. The zero-order valence-corrected chi connectivity index (χ0v) is 21.8. The smallest absolute Gasteiger partial charge is 0.294 e. The number of tetrazole rings is 1. The summed E-state index contributed by atoms with van der Waals surface area (Å²) in [6.07, 6.45) is -4.97. The summed E-state index contributed by atoms with van der Waals surface area (Å²) in [5.41, 5.74) is 1.74. The maximum atomic E-state index is 13.8. The summed E-state index contributed by atoms with van der Waals surface area (Å²) in [5, 5.41) is 15.3. The number of anilines is 1. The SMILES string of the molecule is O=C(CC(C(=O)c1ccc(C(=O)Nc2nn[nH]n2)cc1)c1ccc(-c2ccccc2)cc1)c1cccc(C(F)(F)F)c1. The van der Waals surface area contributed by atoms with Gasteiger partial charge in [0.1, 0.15) is 0 Å². The van der Waals surface area contributed by atoms with Crippen LogP contribution in [0.5, 0.6) is 0 Å². The number of carbonyl (C=O) groups excluding carboxylic acids is 3. The van der Waals surface area contributed by atoms with Crippen molar-refractivity contribution in [2.24, 2.45) is 0 Å². The van der Waals surface area contributed by atoms with E-state index in [0.29, 0.717) is 5.56 Å². The molecule has 0 aliphatic carbocycles. The molecule has 0 saturated carbocycles. The van der Waals surface area contributed by atoms with E-state index in [1.54, 1.807) is 12.1 Å². The van der Waals surface area contributed by atoms with E-state index in [4.69, 9.17) is 0 Å². The van der Waals surface area contributed by atoms with Gasteiger partial charge in [-0.3, -0.25) is 19.7 Å². The number of rotatable bonds is 9. The maximum Gasteiger partial charge on any atom is 0.416 e. The molecule has 1 aromatic heterocycles. The minimum Gasteiger partial charge on any atom is -0.294 e. The number of alkyl halides is 3. The Balaban J connectivity index is 1.43. The van der Waals surface area contributed by atoms with Crippen LogP contribution in [-0.2, 0) is 6.18 Å². The molecule has 1 amide bonds. The van der Waals surface area contributed by atoms with E-state index in [1.165, 1.54) is 36.4 Å². The van der Waals surface area contributed by atoms with Crippen molar-refractivity contribution in [3.8, 4) is 11.1 Å². The normalized spacial score (nSPS) is 12.0. The van der Waals surface area contributed by atoms with Gasteiger partial charge in [0.25, 0.3) is 11.9 Å². The first-order valence-electron chi connectivity index (χ1n) is 12.7. The molecular weight excluding hydrogens is 547 g/mol. The third-order valence-corrected chi connectivity index (χ3v) is 6.64. The van der Waals surface area contributed by atoms with E-state index in [1.807, 2.05) is 42.5 Å². The molecule has 0 aliphatic rings. The molecule has 11 heteroatoms. The first-order valence-corrected chi connectivity index (χ1v) is 12.7. The summed E-state index contributed by atoms with van der Waals surface area (Å²) < 4.78 is 39.8. The third-order valence-electron chi connectivity index (χ3n) is 6.64. The first-order chi connectivity index (χ1) is 20.2. The molecule has 210 valence electrons. The van der Waals surface area contributed by atoms with Gasteiger partial charge in [-0.2, -0.15) is 18.4 Å². The summed E-state index contributed by atoms with van der Waals surface area (Å²) in [4.78, 5) is 39.5. The second-order valence-corrected chi connectivity index (χ2v) is 9.38. The quantitative estimate of drug-likeness (QED) is 0.199. The van der Waals surface area contributed by atoms with Gasteiger partial charge in [-0.15, -0.1) is 5.10 Å². The molecule has 0 bridgehead atoms. The molecule has 1 unspecified atom stereocenters. The first kappa shape index (κ1) is 28.1. The van der Waals surface area contributed by atoms with Gasteiger partial charge in [0.05, 0.1) is 11.5 Å². The van der Waals surface area contributed by atoms with Crippen molar-refractivity contribution in [1.82, 2.24) is 20.6 Å². The molecule has 5 aromatic rings. The Kier molecular flexibility index (Phi) is 8.00. The number of carbonyl (C=O) groups is 3.